The number of nitrogens with one attached hydrogen (secondary N) is 1. The SMILES string of the molecule is O=C(CN1CCCN(Cc2ccccc2)S1(=O)=O)Nc1ccc(Cl)cc1. The van der Waals surface area contributed by atoms with Crippen LogP contribution < -0.4 is 5.32 Å². The second-order valence-corrected chi connectivity index (χ2v) is 8.43. The van der Waals surface area contributed by atoms with E-state index in [1.807, 2.05) is 30.3 Å². The Bertz CT molecular complexity index is 857. The van der Waals surface area contributed by atoms with Gasteiger partial charge in [-0.15, -0.1) is 0 Å². The van der Waals surface area contributed by atoms with Gasteiger partial charge in [-0.05, 0) is 36.2 Å². The van der Waals surface area contributed by atoms with Crippen molar-refractivity contribution in [2.75, 3.05) is 25.0 Å². The third-order valence-corrected chi connectivity index (χ3v) is 6.30. The Hall–Kier alpha value is -1.93. The minimum atomic E-state index is -3.67. The van der Waals surface area contributed by atoms with E-state index in [4.69, 9.17) is 11.6 Å². The van der Waals surface area contributed by atoms with E-state index < -0.39 is 10.2 Å². The molecule has 2 aromatic carbocycles. The molecule has 0 unspecified atom stereocenters. The average molecular weight is 394 g/mol. The monoisotopic (exact) mass is 393 g/mol. The highest BCUT2D eigenvalue weighted by Gasteiger charge is 2.34. The van der Waals surface area contributed by atoms with Crippen molar-refractivity contribution in [1.82, 2.24) is 8.61 Å². The van der Waals surface area contributed by atoms with Crippen LogP contribution in [0.2, 0.25) is 5.02 Å². The van der Waals surface area contributed by atoms with Crippen LogP contribution in [0.5, 0.6) is 0 Å². The summed E-state index contributed by atoms with van der Waals surface area (Å²) in [6, 6.07) is 16.1. The molecule has 0 aliphatic carbocycles. The van der Waals surface area contributed by atoms with Crippen molar-refractivity contribution >= 4 is 33.4 Å². The lowest BCUT2D eigenvalue weighted by Gasteiger charge is -2.34. The molecular formula is C18H20ClN3O3S. The van der Waals surface area contributed by atoms with Gasteiger partial charge in [0.2, 0.25) is 5.91 Å². The van der Waals surface area contributed by atoms with Gasteiger partial charge in [0, 0.05) is 30.3 Å². The zero-order valence-corrected chi connectivity index (χ0v) is 15.7. The van der Waals surface area contributed by atoms with Gasteiger partial charge < -0.3 is 5.32 Å². The summed E-state index contributed by atoms with van der Waals surface area (Å²) in [5.41, 5.74) is 1.50. The fraction of sp³-hybridized carbons (Fsp3) is 0.278. The highest BCUT2D eigenvalue weighted by molar-refractivity contribution is 7.86. The van der Waals surface area contributed by atoms with Crippen LogP contribution >= 0.6 is 11.6 Å². The minimum absolute atomic E-state index is 0.212. The van der Waals surface area contributed by atoms with Crippen molar-refractivity contribution in [3.63, 3.8) is 0 Å². The lowest BCUT2D eigenvalue weighted by Crippen LogP contribution is -2.51. The first-order chi connectivity index (χ1) is 12.4. The minimum Gasteiger partial charge on any atom is -0.325 e. The van der Waals surface area contributed by atoms with Gasteiger partial charge in [-0.2, -0.15) is 17.0 Å². The van der Waals surface area contributed by atoms with E-state index in [1.165, 1.54) is 8.61 Å². The van der Waals surface area contributed by atoms with Crippen LogP contribution in [0.3, 0.4) is 0 Å². The largest absolute Gasteiger partial charge is 0.325 e. The lowest BCUT2D eigenvalue weighted by molar-refractivity contribution is -0.116. The summed E-state index contributed by atoms with van der Waals surface area (Å²) >= 11 is 5.82. The molecule has 1 aliphatic heterocycles. The van der Waals surface area contributed by atoms with E-state index in [1.54, 1.807) is 24.3 Å². The number of anilines is 1. The van der Waals surface area contributed by atoms with E-state index in [0.717, 1.165) is 5.56 Å². The molecule has 1 N–H and O–H groups in total. The normalized spacial score (nSPS) is 17.7. The maximum atomic E-state index is 12.8. The van der Waals surface area contributed by atoms with Gasteiger partial charge in [0.1, 0.15) is 0 Å². The Morgan fingerprint density at radius 2 is 1.65 bits per heavy atom. The highest BCUT2D eigenvalue weighted by atomic mass is 35.5. The smallest absolute Gasteiger partial charge is 0.282 e. The fourth-order valence-corrected chi connectivity index (χ4v) is 4.58. The zero-order chi connectivity index (χ0) is 18.6. The predicted molar refractivity (Wildman–Crippen MR) is 102 cm³/mol. The number of hydrogen-bond donors (Lipinski definition) is 1. The molecule has 0 atom stereocenters. The Balaban J connectivity index is 1.65. The van der Waals surface area contributed by atoms with Gasteiger partial charge in [-0.3, -0.25) is 4.79 Å². The first-order valence-corrected chi connectivity index (χ1v) is 10.1. The van der Waals surface area contributed by atoms with Crippen LogP contribution in [-0.4, -0.2) is 42.6 Å². The maximum absolute atomic E-state index is 12.8. The molecule has 1 saturated heterocycles. The summed E-state index contributed by atoms with van der Waals surface area (Å²) in [4.78, 5) is 12.2. The lowest BCUT2D eigenvalue weighted by atomic mass is 10.2. The van der Waals surface area contributed by atoms with Gasteiger partial charge >= 0.3 is 0 Å². The third-order valence-electron chi connectivity index (χ3n) is 4.12. The standard InChI is InChI=1S/C18H20ClN3O3S/c19-16-7-9-17(10-8-16)20-18(23)14-22-12-4-11-21(26(22,24)25)13-15-5-2-1-3-6-15/h1-3,5-10H,4,11-14H2,(H,20,23). The Labute approximate surface area is 158 Å². The van der Waals surface area contributed by atoms with Crippen LogP contribution in [0.15, 0.2) is 54.6 Å². The molecule has 8 heteroatoms. The third kappa shape index (κ3) is 4.62. The quantitative estimate of drug-likeness (QED) is 0.849. The molecule has 1 aliphatic rings. The van der Waals surface area contributed by atoms with Gasteiger partial charge in [-0.25, -0.2) is 0 Å². The molecule has 0 aromatic heterocycles. The number of hydrogen-bond acceptors (Lipinski definition) is 3. The molecule has 1 heterocycles. The molecule has 26 heavy (non-hydrogen) atoms. The summed E-state index contributed by atoms with van der Waals surface area (Å²) in [5, 5.41) is 3.26. The van der Waals surface area contributed by atoms with Crippen molar-refractivity contribution in [3.8, 4) is 0 Å². The number of carbonyl (C=O) groups excluding carboxylic acids is 1. The predicted octanol–water partition coefficient (Wildman–Crippen LogP) is 2.73. The van der Waals surface area contributed by atoms with E-state index >= 15 is 0 Å². The molecule has 0 bridgehead atoms. The first-order valence-electron chi connectivity index (χ1n) is 8.30. The molecule has 6 nitrogen and oxygen atoms in total. The average Bonchev–Trinajstić information content (AvgIpc) is 2.61. The van der Waals surface area contributed by atoms with Gasteiger partial charge in [-0.1, -0.05) is 41.9 Å². The van der Waals surface area contributed by atoms with Crippen molar-refractivity contribution in [2.24, 2.45) is 0 Å². The summed E-state index contributed by atoms with van der Waals surface area (Å²) < 4.78 is 28.3. The summed E-state index contributed by atoms with van der Waals surface area (Å²) in [5.74, 6) is -0.377. The summed E-state index contributed by atoms with van der Waals surface area (Å²) in [6.07, 6.45) is 0.681. The second kappa shape index (κ2) is 8.18. The van der Waals surface area contributed by atoms with E-state index in [9.17, 15) is 13.2 Å². The van der Waals surface area contributed by atoms with Crippen LogP contribution in [0.4, 0.5) is 5.69 Å². The van der Waals surface area contributed by atoms with Crippen molar-refractivity contribution in [2.45, 2.75) is 13.0 Å². The van der Waals surface area contributed by atoms with Crippen LogP contribution in [0.1, 0.15) is 12.0 Å². The fourth-order valence-electron chi connectivity index (χ4n) is 2.82. The maximum Gasteiger partial charge on any atom is 0.282 e. The van der Waals surface area contributed by atoms with E-state index in [0.29, 0.717) is 36.8 Å². The van der Waals surface area contributed by atoms with Crippen LogP contribution in [0.25, 0.3) is 0 Å². The number of rotatable bonds is 5. The first kappa shape index (κ1) is 18.8. The number of benzene rings is 2. The van der Waals surface area contributed by atoms with Crippen LogP contribution in [-0.2, 0) is 21.5 Å². The topological polar surface area (TPSA) is 69.7 Å². The second-order valence-electron chi connectivity index (χ2n) is 6.07. The van der Waals surface area contributed by atoms with Gasteiger partial charge in [0.15, 0.2) is 0 Å². The number of nitrogens with zero attached hydrogens (tertiary/aromatic N) is 2. The highest BCUT2D eigenvalue weighted by Crippen LogP contribution is 2.19. The molecule has 0 saturated carbocycles. The Morgan fingerprint density at radius 1 is 1.00 bits per heavy atom. The van der Waals surface area contributed by atoms with E-state index in [-0.39, 0.29) is 12.5 Å². The summed E-state index contributed by atoms with van der Waals surface area (Å²) in [7, 11) is -3.67. The van der Waals surface area contributed by atoms with Crippen LogP contribution in [0, 0.1) is 0 Å². The molecule has 3 rings (SSSR count). The molecular weight excluding hydrogens is 374 g/mol. The number of halogens is 1. The zero-order valence-electron chi connectivity index (χ0n) is 14.1. The molecule has 0 spiro atoms. The number of amides is 1. The molecule has 1 amide bonds. The molecule has 1 fully saturated rings. The number of carbonyl (C=O) groups is 1. The van der Waals surface area contributed by atoms with Crippen molar-refractivity contribution in [1.29, 1.82) is 0 Å². The molecule has 138 valence electrons. The molecule has 2 aromatic rings. The van der Waals surface area contributed by atoms with Gasteiger partial charge in [0.25, 0.3) is 10.2 Å². The van der Waals surface area contributed by atoms with E-state index in [2.05, 4.69) is 5.32 Å². The van der Waals surface area contributed by atoms with Crippen molar-refractivity contribution < 1.29 is 13.2 Å². The Morgan fingerprint density at radius 3 is 2.35 bits per heavy atom. The summed E-state index contributed by atoms with van der Waals surface area (Å²) in [6.45, 7) is 0.878. The van der Waals surface area contributed by atoms with Crippen molar-refractivity contribution in [3.05, 3.63) is 65.2 Å². The van der Waals surface area contributed by atoms with Gasteiger partial charge in [0.05, 0.1) is 6.54 Å². The molecule has 0 radical (unpaired) electrons. The Kier molecular flexibility index (Phi) is 5.93.